The molecule has 25 heavy (non-hydrogen) atoms. The molecule has 0 bridgehead atoms. The number of benzene rings is 3. The van der Waals surface area contributed by atoms with Crippen LogP contribution in [0.2, 0.25) is 0 Å². The predicted octanol–water partition coefficient (Wildman–Crippen LogP) is 5.79. The summed E-state index contributed by atoms with van der Waals surface area (Å²) in [5, 5.41) is 9.56. The summed E-state index contributed by atoms with van der Waals surface area (Å²) >= 11 is 0. The standard InChI is InChI=1S/C23H17NO/c25-21-13-11-17(12-14-21)20-15-22(18-7-3-1-4-8-18)24-23(16-20)19-9-5-2-6-10-19/h1-16,25H. The maximum Gasteiger partial charge on any atom is 0.115 e. The minimum Gasteiger partial charge on any atom is -0.508 e. The predicted molar refractivity (Wildman–Crippen MR) is 102 cm³/mol. The molecule has 120 valence electrons. The van der Waals surface area contributed by atoms with Crippen molar-refractivity contribution in [1.29, 1.82) is 0 Å². The molecule has 1 heterocycles. The summed E-state index contributed by atoms with van der Waals surface area (Å²) in [6, 6.07) is 31.8. The third-order valence-electron chi connectivity index (χ3n) is 4.17. The number of aromatic hydroxyl groups is 1. The topological polar surface area (TPSA) is 33.1 Å². The van der Waals surface area contributed by atoms with Crippen molar-refractivity contribution in [2.24, 2.45) is 0 Å². The Labute approximate surface area is 147 Å². The lowest BCUT2D eigenvalue weighted by atomic mass is 10.00. The highest BCUT2D eigenvalue weighted by Crippen LogP contribution is 2.30. The Bertz CT molecular complexity index is 920. The quantitative estimate of drug-likeness (QED) is 0.518. The number of hydrogen-bond donors (Lipinski definition) is 1. The normalized spacial score (nSPS) is 10.6. The molecular weight excluding hydrogens is 306 g/mol. The van der Waals surface area contributed by atoms with Crippen LogP contribution in [-0.2, 0) is 0 Å². The fourth-order valence-corrected chi connectivity index (χ4v) is 2.86. The Morgan fingerprint density at radius 2 is 0.960 bits per heavy atom. The van der Waals surface area contributed by atoms with Crippen LogP contribution in [0.4, 0.5) is 0 Å². The van der Waals surface area contributed by atoms with Crippen LogP contribution in [0.15, 0.2) is 97.1 Å². The Hall–Kier alpha value is -3.39. The second-order valence-electron chi connectivity index (χ2n) is 5.91. The molecule has 2 nitrogen and oxygen atoms in total. The van der Waals surface area contributed by atoms with Crippen molar-refractivity contribution in [3.05, 3.63) is 97.1 Å². The molecule has 2 heteroatoms. The van der Waals surface area contributed by atoms with Gasteiger partial charge in [-0.25, -0.2) is 4.98 Å². The van der Waals surface area contributed by atoms with Gasteiger partial charge in [-0.15, -0.1) is 0 Å². The highest BCUT2D eigenvalue weighted by Gasteiger charge is 2.08. The van der Waals surface area contributed by atoms with Gasteiger partial charge in [0.1, 0.15) is 5.75 Å². The number of pyridine rings is 1. The van der Waals surface area contributed by atoms with Crippen molar-refractivity contribution in [1.82, 2.24) is 4.98 Å². The molecule has 4 aromatic rings. The zero-order valence-electron chi connectivity index (χ0n) is 13.6. The summed E-state index contributed by atoms with van der Waals surface area (Å²) in [5.41, 5.74) is 6.16. The van der Waals surface area contributed by atoms with E-state index in [9.17, 15) is 5.11 Å². The van der Waals surface area contributed by atoms with Crippen molar-refractivity contribution in [3.8, 4) is 39.4 Å². The Balaban J connectivity index is 1.90. The third-order valence-corrected chi connectivity index (χ3v) is 4.17. The van der Waals surface area contributed by atoms with Gasteiger partial charge in [0.2, 0.25) is 0 Å². The van der Waals surface area contributed by atoms with Gasteiger partial charge in [-0.2, -0.15) is 0 Å². The summed E-state index contributed by atoms with van der Waals surface area (Å²) < 4.78 is 0. The van der Waals surface area contributed by atoms with Crippen molar-refractivity contribution in [3.63, 3.8) is 0 Å². The number of phenolic OH excluding ortho intramolecular Hbond substituents is 1. The third kappa shape index (κ3) is 3.29. The molecule has 3 aromatic carbocycles. The molecule has 0 fully saturated rings. The van der Waals surface area contributed by atoms with E-state index in [4.69, 9.17) is 4.98 Å². The van der Waals surface area contributed by atoms with Crippen molar-refractivity contribution in [2.75, 3.05) is 0 Å². The monoisotopic (exact) mass is 323 g/mol. The molecule has 0 radical (unpaired) electrons. The molecule has 0 saturated carbocycles. The maximum atomic E-state index is 9.56. The largest absolute Gasteiger partial charge is 0.508 e. The molecule has 0 atom stereocenters. The summed E-state index contributed by atoms with van der Waals surface area (Å²) in [7, 11) is 0. The molecular formula is C23H17NO. The van der Waals surface area contributed by atoms with Gasteiger partial charge in [0.05, 0.1) is 11.4 Å². The summed E-state index contributed by atoms with van der Waals surface area (Å²) in [5.74, 6) is 0.268. The van der Waals surface area contributed by atoms with Gasteiger partial charge in [0, 0.05) is 11.1 Å². The van der Waals surface area contributed by atoms with Gasteiger partial charge in [0.15, 0.2) is 0 Å². The number of aromatic nitrogens is 1. The van der Waals surface area contributed by atoms with Crippen LogP contribution in [0.3, 0.4) is 0 Å². The van der Waals surface area contributed by atoms with Gasteiger partial charge in [-0.3, -0.25) is 0 Å². The lowest BCUT2D eigenvalue weighted by molar-refractivity contribution is 0.475. The van der Waals surface area contributed by atoms with Crippen LogP contribution < -0.4 is 0 Å². The smallest absolute Gasteiger partial charge is 0.115 e. The zero-order chi connectivity index (χ0) is 17.1. The zero-order valence-corrected chi connectivity index (χ0v) is 13.6. The highest BCUT2D eigenvalue weighted by atomic mass is 16.3. The van der Waals surface area contributed by atoms with Crippen LogP contribution in [-0.4, -0.2) is 10.1 Å². The van der Waals surface area contributed by atoms with Crippen molar-refractivity contribution < 1.29 is 5.11 Å². The first-order chi connectivity index (χ1) is 12.3. The van der Waals surface area contributed by atoms with E-state index >= 15 is 0 Å². The average molecular weight is 323 g/mol. The molecule has 0 aliphatic heterocycles. The molecule has 0 amide bonds. The summed E-state index contributed by atoms with van der Waals surface area (Å²) in [6.45, 7) is 0. The van der Waals surface area contributed by atoms with Gasteiger partial charge in [0.25, 0.3) is 0 Å². The average Bonchev–Trinajstić information content (AvgIpc) is 2.69. The lowest BCUT2D eigenvalue weighted by Gasteiger charge is -2.10. The second kappa shape index (κ2) is 6.62. The molecule has 0 spiro atoms. The van der Waals surface area contributed by atoms with Gasteiger partial charge in [-0.05, 0) is 35.4 Å². The number of phenols is 1. The molecule has 0 saturated heterocycles. The van der Waals surface area contributed by atoms with E-state index in [1.807, 2.05) is 48.5 Å². The van der Waals surface area contributed by atoms with Crippen LogP contribution >= 0.6 is 0 Å². The first kappa shape index (κ1) is 15.2. The maximum absolute atomic E-state index is 9.56. The van der Waals surface area contributed by atoms with Crippen molar-refractivity contribution >= 4 is 0 Å². The fourth-order valence-electron chi connectivity index (χ4n) is 2.86. The SMILES string of the molecule is Oc1ccc(-c2cc(-c3ccccc3)nc(-c3ccccc3)c2)cc1. The van der Waals surface area contributed by atoms with E-state index in [-0.39, 0.29) is 5.75 Å². The highest BCUT2D eigenvalue weighted by molar-refractivity contribution is 5.76. The lowest BCUT2D eigenvalue weighted by Crippen LogP contribution is -1.91. The van der Waals surface area contributed by atoms with E-state index in [2.05, 4.69) is 36.4 Å². The first-order valence-corrected chi connectivity index (χ1v) is 8.22. The van der Waals surface area contributed by atoms with Gasteiger partial charge in [-0.1, -0.05) is 72.8 Å². The van der Waals surface area contributed by atoms with Crippen LogP contribution in [0, 0.1) is 0 Å². The number of rotatable bonds is 3. The van der Waals surface area contributed by atoms with Crippen LogP contribution in [0.1, 0.15) is 0 Å². The van der Waals surface area contributed by atoms with Gasteiger partial charge >= 0.3 is 0 Å². The molecule has 1 aromatic heterocycles. The fraction of sp³-hybridized carbons (Fsp3) is 0. The number of hydrogen-bond acceptors (Lipinski definition) is 2. The van der Waals surface area contributed by atoms with E-state index in [1.165, 1.54) is 0 Å². The summed E-state index contributed by atoms with van der Waals surface area (Å²) in [6.07, 6.45) is 0. The Morgan fingerprint density at radius 3 is 1.44 bits per heavy atom. The molecule has 1 N–H and O–H groups in total. The second-order valence-corrected chi connectivity index (χ2v) is 5.91. The Kier molecular flexibility index (Phi) is 4.01. The van der Waals surface area contributed by atoms with E-state index in [0.29, 0.717) is 0 Å². The van der Waals surface area contributed by atoms with Crippen LogP contribution in [0.25, 0.3) is 33.6 Å². The van der Waals surface area contributed by atoms with E-state index < -0.39 is 0 Å². The van der Waals surface area contributed by atoms with Crippen molar-refractivity contribution in [2.45, 2.75) is 0 Å². The molecule has 0 aliphatic carbocycles. The minimum atomic E-state index is 0.268. The Morgan fingerprint density at radius 1 is 0.480 bits per heavy atom. The van der Waals surface area contributed by atoms with Crippen LogP contribution in [0.5, 0.6) is 5.75 Å². The van der Waals surface area contributed by atoms with E-state index in [1.54, 1.807) is 12.1 Å². The summed E-state index contributed by atoms with van der Waals surface area (Å²) in [4.78, 5) is 4.87. The number of nitrogens with zero attached hydrogens (tertiary/aromatic N) is 1. The molecule has 0 aliphatic rings. The first-order valence-electron chi connectivity index (χ1n) is 8.22. The molecule has 0 unspecified atom stereocenters. The van der Waals surface area contributed by atoms with E-state index in [0.717, 1.165) is 33.6 Å². The minimum absolute atomic E-state index is 0.268. The molecule has 4 rings (SSSR count). The van der Waals surface area contributed by atoms with Gasteiger partial charge < -0.3 is 5.11 Å².